The molecule has 1 saturated heterocycles. The largest absolute Gasteiger partial charge is 0.335 e. The first kappa shape index (κ1) is 19.8. The summed E-state index contributed by atoms with van der Waals surface area (Å²) in [5.74, 6) is 1.00. The van der Waals surface area contributed by atoms with Gasteiger partial charge in [0.1, 0.15) is 17.6 Å². The summed E-state index contributed by atoms with van der Waals surface area (Å²) in [4.78, 5) is 34.6. The first-order chi connectivity index (χ1) is 14.6. The lowest BCUT2D eigenvalue weighted by molar-refractivity contribution is 0.0618. The van der Waals surface area contributed by atoms with E-state index in [2.05, 4.69) is 20.3 Å². The van der Waals surface area contributed by atoms with Gasteiger partial charge in [0.15, 0.2) is 5.82 Å². The van der Waals surface area contributed by atoms with E-state index in [0.29, 0.717) is 55.5 Å². The van der Waals surface area contributed by atoms with Gasteiger partial charge in [-0.15, -0.1) is 0 Å². The van der Waals surface area contributed by atoms with Crippen molar-refractivity contribution in [2.75, 3.05) is 19.6 Å². The molecular weight excluding hydrogens is 382 g/mol. The van der Waals surface area contributed by atoms with Gasteiger partial charge in [-0.1, -0.05) is 18.2 Å². The van der Waals surface area contributed by atoms with E-state index in [0.717, 1.165) is 0 Å². The molecule has 156 valence electrons. The van der Waals surface area contributed by atoms with Crippen molar-refractivity contribution in [3.63, 3.8) is 0 Å². The maximum Gasteiger partial charge on any atom is 0.272 e. The van der Waals surface area contributed by atoms with Crippen LogP contribution in [0.15, 0.2) is 42.6 Å². The Balaban J connectivity index is 1.66. The van der Waals surface area contributed by atoms with Crippen molar-refractivity contribution in [1.82, 2.24) is 34.8 Å². The molecule has 0 saturated carbocycles. The second-order valence-corrected chi connectivity index (χ2v) is 7.30. The molecule has 1 fully saturated rings. The zero-order valence-corrected chi connectivity index (χ0v) is 17.2. The van der Waals surface area contributed by atoms with Crippen LogP contribution in [0.2, 0.25) is 0 Å². The van der Waals surface area contributed by atoms with Gasteiger partial charge in [0, 0.05) is 37.9 Å². The number of nitrogens with one attached hydrogen (secondary N) is 1. The van der Waals surface area contributed by atoms with Crippen molar-refractivity contribution in [3.8, 4) is 0 Å². The first-order valence-electron chi connectivity index (χ1n) is 10.1. The minimum Gasteiger partial charge on any atom is -0.335 e. The number of carbonyl (C=O) groups is 2. The molecule has 3 heterocycles. The Bertz CT molecular complexity index is 1030. The van der Waals surface area contributed by atoms with Crippen LogP contribution in [0.5, 0.6) is 0 Å². The second-order valence-electron chi connectivity index (χ2n) is 7.30. The molecule has 0 radical (unpaired) electrons. The van der Waals surface area contributed by atoms with E-state index in [9.17, 15) is 9.59 Å². The summed E-state index contributed by atoms with van der Waals surface area (Å²) in [5, 5.41) is 11.4. The van der Waals surface area contributed by atoms with Gasteiger partial charge in [-0.2, -0.15) is 10.2 Å². The number of H-pyrrole nitrogens is 1. The number of hydrogen-bond acceptors (Lipinski definition) is 5. The highest BCUT2D eigenvalue weighted by Gasteiger charge is 2.35. The molecule has 30 heavy (non-hydrogen) atoms. The molecule has 9 nitrogen and oxygen atoms in total. The number of aryl methyl sites for hydroxylation is 2. The highest BCUT2D eigenvalue weighted by molar-refractivity contribution is 5.95. The zero-order valence-electron chi connectivity index (χ0n) is 17.2. The number of amides is 2. The van der Waals surface area contributed by atoms with Gasteiger partial charge >= 0.3 is 0 Å². The van der Waals surface area contributed by atoms with Crippen molar-refractivity contribution < 1.29 is 9.59 Å². The highest BCUT2D eigenvalue weighted by atomic mass is 16.2. The van der Waals surface area contributed by atoms with Crippen LogP contribution >= 0.6 is 0 Å². The molecule has 2 amide bonds. The minimum absolute atomic E-state index is 0.0871. The average Bonchev–Trinajstić information content (AvgIpc) is 3.36. The normalized spacial score (nSPS) is 17.1. The van der Waals surface area contributed by atoms with Gasteiger partial charge < -0.3 is 9.80 Å². The number of hydrogen-bond donors (Lipinski definition) is 1. The summed E-state index contributed by atoms with van der Waals surface area (Å²) in [6.45, 7) is 5.77. The van der Waals surface area contributed by atoms with E-state index < -0.39 is 6.04 Å². The number of carbonyl (C=O) groups excluding carboxylic acids is 2. The molecule has 4 rings (SSSR count). The molecule has 0 aliphatic carbocycles. The number of rotatable bonds is 4. The molecule has 0 bridgehead atoms. The second kappa shape index (κ2) is 8.48. The van der Waals surface area contributed by atoms with Gasteiger partial charge in [0.05, 0.1) is 0 Å². The van der Waals surface area contributed by atoms with Crippen molar-refractivity contribution in [2.45, 2.75) is 32.9 Å². The Kier molecular flexibility index (Phi) is 5.60. The smallest absolute Gasteiger partial charge is 0.272 e. The molecule has 1 aliphatic heterocycles. The van der Waals surface area contributed by atoms with Crippen LogP contribution in [-0.4, -0.2) is 66.2 Å². The summed E-state index contributed by atoms with van der Waals surface area (Å²) in [6, 6.07) is 10.5. The van der Waals surface area contributed by atoms with Crippen molar-refractivity contribution in [2.24, 2.45) is 0 Å². The maximum atomic E-state index is 13.3. The highest BCUT2D eigenvalue weighted by Crippen LogP contribution is 2.26. The van der Waals surface area contributed by atoms with Crippen LogP contribution < -0.4 is 0 Å². The van der Waals surface area contributed by atoms with Crippen molar-refractivity contribution in [1.29, 1.82) is 0 Å². The Hall–Kier alpha value is -3.49. The lowest BCUT2D eigenvalue weighted by Crippen LogP contribution is -2.41. The SMILES string of the molecule is CCn1nccc1C(=O)N1CCCN(C(=O)c2ccccc2)C(c2n[nH]c(C)n2)C1. The van der Waals surface area contributed by atoms with Crippen LogP contribution in [0.3, 0.4) is 0 Å². The third kappa shape index (κ3) is 3.83. The predicted octanol–water partition coefficient (Wildman–Crippen LogP) is 2.06. The number of aromatic nitrogens is 5. The van der Waals surface area contributed by atoms with Gasteiger partial charge in [-0.3, -0.25) is 19.4 Å². The standard InChI is InChI=1S/C21H25N7O2/c1-3-28-17(10-11-22-28)21(30)26-12-7-13-27(20(29)16-8-5-4-6-9-16)18(14-26)19-23-15(2)24-25-19/h4-6,8-11,18H,3,7,12-14H2,1-2H3,(H,23,24,25). The molecule has 1 unspecified atom stereocenters. The lowest BCUT2D eigenvalue weighted by Gasteiger charge is -2.30. The van der Waals surface area contributed by atoms with Gasteiger partial charge in [-0.05, 0) is 38.5 Å². The van der Waals surface area contributed by atoms with Crippen LogP contribution in [-0.2, 0) is 6.54 Å². The molecule has 1 aromatic carbocycles. The summed E-state index contributed by atoms with van der Waals surface area (Å²) in [7, 11) is 0. The number of nitrogens with zero attached hydrogens (tertiary/aromatic N) is 6. The summed E-state index contributed by atoms with van der Waals surface area (Å²) >= 11 is 0. The van der Waals surface area contributed by atoms with E-state index in [-0.39, 0.29) is 11.8 Å². The van der Waals surface area contributed by atoms with Crippen molar-refractivity contribution in [3.05, 3.63) is 65.5 Å². The minimum atomic E-state index is -0.438. The van der Waals surface area contributed by atoms with E-state index in [4.69, 9.17) is 0 Å². The molecular formula is C21H25N7O2. The van der Waals surface area contributed by atoms with Gasteiger partial charge in [0.25, 0.3) is 11.8 Å². The summed E-state index contributed by atoms with van der Waals surface area (Å²) in [5.41, 5.74) is 1.16. The fourth-order valence-electron chi connectivity index (χ4n) is 3.82. The van der Waals surface area contributed by atoms with E-state index in [1.54, 1.807) is 38.9 Å². The summed E-state index contributed by atoms with van der Waals surface area (Å²) in [6.07, 6.45) is 2.31. The Morgan fingerprint density at radius 1 is 1.13 bits per heavy atom. The lowest BCUT2D eigenvalue weighted by atomic mass is 10.1. The third-order valence-corrected chi connectivity index (χ3v) is 5.31. The Morgan fingerprint density at radius 3 is 2.63 bits per heavy atom. The van der Waals surface area contributed by atoms with Crippen LogP contribution in [0, 0.1) is 6.92 Å². The van der Waals surface area contributed by atoms with Gasteiger partial charge in [-0.25, -0.2) is 4.98 Å². The molecule has 2 aromatic heterocycles. The monoisotopic (exact) mass is 407 g/mol. The molecule has 3 aromatic rings. The molecule has 1 atom stereocenters. The molecule has 1 aliphatic rings. The maximum absolute atomic E-state index is 13.3. The predicted molar refractivity (Wildman–Crippen MR) is 110 cm³/mol. The molecule has 1 N–H and O–H groups in total. The molecule has 9 heteroatoms. The van der Waals surface area contributed by atoms with Crippen LogP contribution in [0.1, 0.15) is 51.9 Å². The Labute approximate surface area is 174 Å². The van der Waals surface area contributed by atoms with Gasteiger partial charge in [0.2, 0.25) is 0 Å². The zero-order chi connectivity index (χ0) is 21.1. The molecule has 0 spiro atoms. The topological polar surface area (TPSA) is 100 Å². The summed E-state index contributed by atoms with van der Waals surface area (Å²) < 4.78 is 1.69. The van der Waals surface area contributed by atoms with Crippen LogP contribution in [0.4, 0.5) is 0 Å². The number of aromatic amines is 1. The fraction of sp³-hybridized carbons (Fsp3) is 0.381. The number of benzene rings is 1. The van der Waals surface area contributed by atoms with Crippen molar-refractivity contribution >= 4 is 11.8 Å². The van der Waals surface area contributed by atoms with E-state index >= 15 is 0 Å². The van der Waals surface area contributed by atoms with E-state index in [1.807, 2.05) is 32.0 Å². The average molecular weight is 407 g/mol. The van der Waals surface area contributed by atoms with Crippen LogP contribution in [0.25, 0.3) is 0 Å². The Morgan fingerprint density at radius 2 is 1.93 bits per heavy atom. The first-order valence-corrected chi connectivity index (χ1v) is 10.1. The quantitative estimate of drug-likeness (QED) is 0.714. The van der Waals surface area contributed by atoms with E-state index in [1.165, 1.54) is 0 Å². The third-order valence-electron chi connectivity index (χ3n) is 5.31. The fourth-order valence-corrected chi connectivity index (χ4v) is 3.82.